The van der Waals surface area contributed by atoms with Gasteiger partial charge < -0.3 is 4.74 Å². The Balaban J connectivity index is 1.42. The Hall–Kier alpha value is -2.41. The van der Waals surface area contributed by atoms with Crippen molar-refractivity contribution in [3.63, 3.8) is 0 Å². The van der Waals surface area contributed by atoms with Crippen LogP contribution in [0.5, 0.6) is 5.75 Å². The van der Waals surface area contributed by atoms with Crippen molar-refractivity contribution in [2.45, 2.75) is 39.2 Å². The van der Waals surface area contributed by atoms with Crippen molar-refractivity contribution in [1.29, 1.82) is 0 Å². The molecule has 2 aliphatic rings. The number of thiophene rings is 2. The van der Waals surface area contributed by atoms with Gasteiger partial charge in [-0.3, -0.25) is 4.79 Å². The van der Waals surface area contributed by atoms with Gasteiger partial charge >= 0.3 is 0 Å². The Morgan fingerprint density at radius 2 is 1.97 bits per heavy atom. The summed E-state index contributed by atoms with van der Waals surface area (Å²) in [4.78, 5) is 15.8. The van der Waals surface area contributed by atoms with Crippen molar-refractivity contribution in [1.82, 2.24) is 5.01 Å². The number of nitrogens with zero attached hydrogens (tertiary/aromatic N) is 2. The molecule has 5 rings (SSSR count). The zero-order chi connectivity index (χ0) is 22.9. The number of amides is 1. The summed E-state index contributed by atoms with van der Waals surface area (Å²) in [5.41, 5.74) is 4.17. The molecule has 3 heterocycles. The average molecular weight is 497 g/mol. The monoisotopic (exact) mass is 496 g/mol. The number of fused-ring (bicyclic) bond motifs is 1. The molecule has 1 saturated carbocycles. The molecular formula is C26H25ClN2O2S2. The van der Waals surface area contributed by atoms with Gasteiger partial charge in [0.25, 0.3) is 5.91 Å². The summed E-state index contributed by atoms with van der Waals surface area (Å²) in [7, 11) is 0. The Labute approximate surface area is 207 Å². The molecule has 0 spiro atoms. The molecule has 0 radical (unpaired) electrons. The van der Waals surface area contributed by atoms with E-state index >= 15 is 0 Å². The van der Waals surface area contributed by atoms with E-state index in [0.717, 1.165) is 41.1 Å². The maximum atomic E-state index is 13.4. The van der Waals surface area contributed by atoms with Crippen molar-refractivity contribution in [3.8, 4) is 5.75 Å². The van der Waals surface area contributed by atoms with E-state index in [-0.39, 0.29) is 24.5 Å². The van der Waals surface area contributed by atoms with Crippen LogP contribution in [0.4, 0.5) is 0 Å². The lowest BCUT2D eigenvalue weighted by atomic mass is 9.79. The predicted molar refractivity (Wildman–Crippen MR) is 137 cm³/mol. The predicted octanol–water partition coefficient (Wildman–Crippen LogP) is 7.28. The number of hydrazone groups is 1. The topological polar surface area (TPSA) is 41.9 Å². The second-order valence-electron chi connectivity index (χ2n) is 8.53. The van der Waals surface area contributed by atoms with Gasteiger partial charge in [0.2, 0.25) is 0 Å². The van der Waals surface area contributed by atoms with Gasteiger partial charge in [-0.2, -0.15) is 5.10 Å². The summed E-state index contributed by atoms with van der Waals surface area (Å²) >= 11 is 9.68. The van der Waals surface area contributed by atoms with Crippen LogP contribution in [0, 0.1) is 19.8 Å². The molecule has 170 valence electrons. The minimum atomic E-state index is -0.129. The summed E-state index contributed by atoms with van der Waals surface area (Å²) in [6.45, 7) is 3.82. The van der Waals surface area contributed by atoms with Crippen LogP contribution in [0.15, 0.2) is 57.8 Å². The molecular weight excluding hydrogens is 472 g/mol. The number of allylic oxidation sites excluding steroid dienone is 1. The van der Waals surface area contributed by atoms with Gasteiger partial charge in [0, 0.05) is 20.7 Å². The van der Waals surface area contributed by atoms with Crippen molar-refractivity contribution < 1.29 is 9.53 Å². The number of hydrogen-bond donors (Lipinski definition) is 0. The standard InChI is InChI=1S/C26H25ClN2O2S2/c1-16-12-19(13-17(2)24(16)27)31-15-23(30)29-26(22-9-5-11-33-22)21-8-3-6-18(25(21)28-29)14-20-7-4-10-32-20/h4-5,7,9-14,21,26H,3,6,8,15H2,1-2H3/b18-14-. The van der Waals surface area contributed by atoms with Crippen LogP contribution in [0.1, 0.15) is 46.2 Å². The van der Waals surface area contributed by atoms with Gasteiger partial charge in [-0.25, -0.2) is 5.01 Å². The molecule has 1 fully saturated rings. The number of benzene rings is 1. The maximum absolute atomic E-state index is 13.4. The van der Waals surface area contributed by atoms with E-state index in [0.29, 0.717) is 5.75 Å². The molecule has 33 heavy (non-hydrogen) atoms. The molecule has 2 atom stereocenters. The smallest absolute Gasteiger partial charge is 0.281 e. The molecule has 1 amide bonds. The highest BCUT2D eigenvalue weighted by Crippen LogP contribution is 2.45. The fourth-order valence-electron chi connectivity index (χ4n) is 4.69. The molecule has 3 aromatic rings. The summed E-state index contributed by atoms with van der Waals surface area (Å²) in [6.07, 6.45) is 5.37. The van der Waals surface area contributed by atoms with E-state index in [1.54, 1.807) is 27.7 Å². The van der Waals surface area contributed by atoms with Gasteiger partial charge in [-0.1, -0.05) is 23.7 Å². The summed E-state index contributed by atoms with van der Waals surface area (Å²) in [5, 5.41) is 11.5. The molecule has 4 nitrogen and oxygen atoms in total. The third kappa shape index (κ3) is 4.52. The highest BCUT2D eigenvalue weighted by Gasteiger charge is 2.44. The van der Waals surface area contributed by atoms with Crippen LogP contribution in [0.25, 0.3) is 6.08 Å². The molecule has 0 bridgehead atoms. The Morgan fingerprint density at radius 1 is 1.21 bits per heavy atom. The SMILES string of the molecule is Cc1cc(OCC(=O)N2N=C3/C(=C\c4cccs4)CCCC3C2c2cccs2)cc(C)c1Cl. The minimum Gasteiger partial charge on any atom is -0.484 e. The van der Waals surface area contributed by atoms with Crippen molar-refractivity contribution >= 4 is 52.0 Å². The van der Waals surface area contributed by atoms with Crippen LogP contribution in [-0.4, -0.2) is 23.2 Å². The second kappa shape index (κ2) is 9.45. The molecule has 2 aromatic heterocycles. The van der Waals surface area contributed by atoms with E-state index in [4.69, 9.17) is 21.4 Å². The van der Waals surface area contributed by atoms with E-state index < -0.39 is 0 Å². The number of carbonyl (C=O) groups excluding carboxylic acids is 1. The van der Waals surface area contributed by atoms with E-state index in [9.17, 15) is 4.79 Å². The highest BCUT2D eigenvalue weighted by atomic mass is 35.5. The van der Waals surface area contributed by atoms with Crippen molar-refractivity contribution in [3.05, 3.63) is 78.6 Å². The van der Waals surface area contributed by atoms with Crippen LogP contribution in [-0.2, 0) is 4.79 Å². The number of carbonyl (C=O) groups is 1. The Kier molecular flexibility index (Phi) is 6.41. The maximum Gasteiger partial charge on any atom is 0.281 e. The summed E-state index contributed by atoms with van der Waals surface area (Å²) in [5.74, 6) is 0.738. The third-order valence-electron chi connectivity index (χ3n) is 6.22. The number of rotatable bonds is 5. The lowest BCUT2D eigenvalue weighted by Gasteiger charge is -2.28. The molecule has 7 heteroatoms. The van der Waals surface area contributed by atoms with Gasteiger partial charge in [-0.05, 0) is 90.9 Å². The highest BCUT2D eigenvalue weighted by molar-refractivity contribution is 7.11. The van der Waals surface area contributed by atoms with Crippen LogP contribution in [0.3, 0.4) is 0 Å². The second-order valence-corrected chi connectivity index (χ2v) is 10.9. The average Bonchev–Trinajstić information content (AvgIpc) is 3.56. The Morgan fingerprint density at radius 3 is 2.67 bits per heavy atom. The third-order valence-corrected chi connectivity index (χ3v) is 8.58. The van der Waals surface area contributed by atoms with Crippen molar-refractivity contribution in [2.75, 3.05) is 6.61 Å². The first-order valence-electron chi connectivity index (χ1n) is 11.1. The fourth-order valence-corrected chi connectivity index (χ4v) is 6.36. The summed E-state index contributed by atoms with van der Waals surface area (Å²) < 4.78 is 5.90. The first-order valence-corrected chi connectivity index (χ1v) is 13.2. The molecule has 1 aliphatic carbocycles. The summed E-state index contributed by atoms with van der Waals surface area (Å²) in [6, 6.07) is 12.0. The van der Waals surface area contributed by atoms with Gasteiger partial charge in [0.15, 0.2) is 6.61 Å². The first-order chi connectivity index (χ1) is 16.0. The van der Waals surface area contributed by atoms with Crippen molar-refractivity contribution in [2.24, 2.45) is 11.0 Å². The molecule has 2 unspecified atom stereocenters. The largest absolute Gasteiger partial charge is 0.484 e. The minimum absolute atomic E-state index is 0.0597. The van der Waals surface area contributed by atoms with E-state index in [2.05, 4.69) is 35.0 Å². The van der Waals surface area contributed by atoms with Gasteiger partial charge in [0.05, 0.1) is 11.8 Å². The number of ether oxygens (including phenoxy) is 1. The number of hydrogen-bond acceptors (Lipinski definition) is 5. The van der Waals surface area contributed by atoms with Gasteiger partial charge in [-0.15, -0.1) is 22.7 Å². The van der Waals surface area contributed by atoms with E-state index in [1.165, 1.54) is 15.3 Å². The zero-order valence-electron chi connectivity index (χ0n) is 18.6. The molecule has 1 aliphatic heterocycles. The van der Waals surface area contributed by atoms with Gasteiger partial charge in [0.1, 0.15) is 5.75 Å². The zero-order valence-corrected chi connectivity index (χ0v) is 21.0. The lowest BCUT2D eigenvalue weighted by Crippen LogP contribution is -2.34. The first kappa shape index (κ1) is 22.4. The van der Waals surface area contributed by atoms with Crippen LogP contribution in [0.2, 0.25) is 5.02 Å². The number of aryl methyl sites for hydroxylation is 2. The van der Waals surface area contributed by atoms with Crippen LogP contribution >= 0.6 is 34.3 Å². The molecule has 1 aromatic carbocycles. The molecule has 0 N–H and O–H groups in total. The molecule has 0 saturated heterocycles. The quantitative estimate of drug-likeness (QED) is 0.372. The van der Waals surface area contributed by atoms with E-state index in [1.807, 2.05) is 32.0 Å². The Bertz CT molecular complexity index is 1190. The normalized spacial score (nSPS) is 21.2. The fraction of sp³-hybridized carbons (Fsp3) is 0.308. The number of halogens is 1. The lowest BCUT2D eigenvalue weighted by molar-refractivity contribution is -0.135. The van der Waals surface area contributed by atoms with Crippen LogP contribution < -0.4 is 4.74 Å².